The smallest absolute Gasteiger partial charge is 0.148 e. The Morgan fingerprint density at radius 3 is 2.44 bits per heavy atom. The number of benzene rings is 1. The fraction of sp³-hybridized carbons (Fsp3) is 0.333. The van der Waals surface area contributed by atoms with Crippen molar-refractivity contribution >= 4 is 35.5 Å². The molecule has 0 aliphatic carbocycles. The minimum atomic E-state index is -1.38. The van der Waals surface area contributed by atoms with Crippen molar-refractivity contribution in [2.75, 3.05) is 12.5 Å². The van der Waals surface area contributed by atoms with Gasteiger partial charge in [0.25, 0.3) is 0 Å². The van der Waals surface area contributed by atoms with Gasteiger partial charge in [-0.05, 0) is 37.1 Å². The SMILES string of the molecule is CSc1ccc(C(=N)C(C)(C=O)NO)cc1SC. The van der Waals surface area contributed by atoms with Crippen LogP contribution in [0, 0.1) is 5.41 Å². The maximum absolute atomic E-state index is 11.0. The Bertz CT molecular complexity index is 465. The van der Waals surface area contributed by atoms with Crippen molar-refractivity contribution in [3.05, 3.63) is 23.8 Å². The molecule has 1 atom stereocenters. The van der Waals surface area contributed by atoms with E-state index in [0.717, 1.165) is 9.79 Å². The number of aldehydes is 1. The van der Waals surface area contributed by atoms with E-state index in [1.54, 1.807) is 29.6 Å². The van der Waals surface area contributed by atoms with E-state index in [2.05, 4.69) is 0 Å². The van der Waals surface area contributed by atoms with Crippen molar-refractivity contribution in [1.29, 1.82) is 5.41 Å². The Hall–Kier alpha value is -0.820. The number of carbonyl (C=O) groups excluding carboxylic acids is 1. The van der Waals surface area contributed by atoms with Crippen LogP contribution >= 0.6 is 23.5 Å². The van der Waals surface area contributed by atoms with Gasteiger partial charge in [0.15, 0.2) is 0 Å². The van der Waals surface area contributed by atoms with E-state index in [9.17, 15) is 4.79 Å². The number of nitrogens with one attached hydrogen (secondary N) is 2. The van der Waals surface area contributed by atoms with Crippen LogP contribution in [-0.2, 0) is 4.79 Å². The van der Waals surface area contributed by atoms with E-state index in [0.29, 0.717) is 11.8 Å². The molecule has 18 heavy (non-hydrogen) atoms. The summed E-state index contributed by atoms with van der Waals surface area (Å²) in [4.78, 5) is 13.2. The average Bonchev–Trinajstić information content (AvgIpc) is 2.44. The lowest BCUT2D eigenvalue weighted by atomic mass is 9.93. The summed E-state index contributed by atoms with van der Waals surface area (Å²) in [5.74, 6) is 0. The first-order valence-electron chi connectivity index (χ1n) is 5.21. The average molecular weight is 284 g/mol. The first-order chi connectivity index (χ1) is 8.52. The van der Waals surface area contributed by atoms with Crippen LogP contribution in [0.2, 0.25) is 0 Å². The largest absolute Gasteiger partial charge is 0.315 e. The second kappa shape index (κ2) is 6.38. The molecule has 6 heteroatoms. The molecule has 0 aliphatic rings. The monoisotopic (exact) mass is 284 g/mol. The maximum Gasteiger partial charge on any atom is 0.148 e. The van der Waals surface area contributed by atoms with Gasteiger partial charge in [-0.15, -0.1) is 23.5 Å². The molecule has 98 valence electrons. The highest BCUT2D eigenvalue weighted by Gasteiger charge is 2.29. The molecule has 0 spiro atoms. The molecule has 1 aromatic carbocycles. The van der Waals surface area contributed by atoms with Crippen molar-refractivity contribution < 1.29 is 10.0 Å². The zero-order chi connectivity index (χ0) is 13.8. The van der Waals surface area contributed by atoms with Gasteiger partial charge >= 0.3 is 0 Å². The van der Waals surface area contributed by atoms with E-state index >= 15 is 0 Å². The molecular weight excluding hydrogens is 268 g/mol. The summed E-state index contributed by atoms with van der Waals surface area (Å²) in [6, 6.07) is 5.56. The number of hydrogen-bond acceptors (Lipinski definition) is 6. The van der Waals surface area contributed by atoms with E-state index < -0.39 is 5.54 Å². The second-order valence-electron chi connectivity index (χ2n) is 3.88. The summed E-state index contributed by atoms with van der Waals surface area (Å²) in [5.41, 5.74) is 1.17. The van der Waals surface area contributed by atoms with E-state index in [4.69, 9.17) is 10.6 Å². The number of hydroxylamine groups is 1. The van der Waals surface area contributed by atoms with Gasteiger partial charge in [0.1, 0.15) is 11.8 Å². The molecule has 0 aliphatic heterocycles. The molecule has 0 aromatic heterocycles. The van der Waals surface area contributed by atoms with Crippen LogP contribution in [0.25, 0.3) is 0 Å². The predicted molar refractivity (Wildman–Crippen MR) is 76.2 cm³/mol. The van der Waals surface area contributed by atoms with Crippen molar-refractivity contribution in [1.82, 2.24) is 5.48 Å². The molecule has 1 unspecified atom stereocenters. The third-order valence-electron chi connectivity index (χ3n) is 2.66. The van der Waals surface area contributed by atoms with Crippen molar-refractivity contribution in [2.24, 2.45) is 0 Å². The summed E-state index contributed by atoms with van der Waals surface area (Å²) in [6.45, 7) is 1.46. The van der Waals surface area contributed by atoms with Gasteiger partial charge in [-0.2, -0.15) is 5.48 Å². The van der Waals surface area contributed by atoms with Gasteiger partial charge in [0.05, 0.1) is 5.71 Å². The van der Waals surface area contributed by atoms with Gasteiger partial charge in [-0.3, -0.25) is 0 Å². The van der Waals surface area contributed by atoms with Crippen LogP contribution < -0.4 is 5.48 Å². The summed E-state index contributed by atoms with van der Waals surface area (Å²) in [5, 5.41) is 17.0. The first-order valence-corrected chi connectivity index (χ1v) is 7.66. The van der Waals surface area contributed by atoms with E-state index in [1.165, 1.54) is 6.92 Å². The lowest BCUT2D eigenvalue weighted by molar-refractivity contribution is -0.113. The molecule has 0 amide bonds. The molecule has 3 N–H and O–H groups in total. The van der Waals surface area contributed by atoms with Crippen LogP contribution in [0.1, 0.15) is 12.5 Å². The van der Waals surface area contributed by atoms with Crippen LogP contribution in [0.4, 0.5) is 0 Å². The second-order valence-corrected chi connectivity index (χ2v) is 5.57. The summed E-state index contributed by atoms with van der Waals surface area (Å²) >= 11 is 3.22. The quantitative estimate of drug-likeness (QED) is 0.324. The van der Waals surface area contributed by atoms with Crippen LogP contribution in [0.3, 0.4) is 0 Å². The zero-order valence-corrected chi connectivity index (χ0v) is 12.1. The maximum atomic E-state index is 11.0. The van der Waals surface area contributed by atoms with Crippen LogP contribution in [0.5, 0.6) is 0 Å². The predicted octanol–water partition coefficient (Wildman–Crippen LogP) is 2.43. The van der Waals surface area contributed by atoms with Gasteiger partial charge in [0, 0.05) is 9.79 Å². The minimum Gasteiger partial charge on any atom is -0.315 e. The zero-order valence-electron chi connectivity index (χ0n) is 10.5. The normalized spacial score (nSPS) is 14.0. The number of carbonyl (C=O) groups is 1. The number of hydrogen-bond donors (Lipinski definition) is 3. The highest BCUT2D eigenvalue weighted by atomic mass is 32.2. The fourth-order valence-corrected chi connectivity index (χ4v) is 2.91. The van der Waals surface area contributed by atoms with Crippen molar-refractivity contribution in [2.45, 2.75) is 22.3 Å². The number of rotatable bonds is 6. The van der Waals surface area contributed by atoms with Gasteiger partial charge in [0.2, 0.25) is 0 Å². The lowest BCUT2D eigenvalue weighted by Crippen LogP contribution is -2.49. The molecule has 0 fully saturated rings. The highest BCUT2D eigenvalue weighted by Crippen LogP contribution is 2.29. The molecule has 1 rings (SSSR count). The van der Waals surface area contributed by atoms with E-state index in [1.807, 2.05) is 30.1 Å². The van der Waals surface area contributed by atoms with Gasteiger partial charge in [-0.1, -0.05) is 6.07 Å². The Kier molecular flexibility index (Phi) is 5.40. The van der Waals surface area contributed by atoms with Crippen molar-refractivity contribution in [3.63, 3.8) is 0 Å². The standard InChI is InChI=1S/C12H16N2O2S2/c1-12(7-15,14-16)11(13)8-4-5-9(17-2)10(6-8)18-3/h4-7,13-14,16H,1-3H3. The molecule has 0 saturated carbocycles. The lowest BCUT2D eigenvalue weighted by Gasteiger charge is -2.22. The molecule has 0 radical (unpaired) electrons. The van der Waals surface area contributed by atoms with E-state index in [-0.39, 0.29) is 5.71 Å². The highest BCUT2D eigenvalue weighted by molar-refractivity contribution is 8.01. The molecular formula is C12H16N2O2S2. The Morgan fingerprint density at radius 2 is 2.00 bits per heavy atom. The Labute approximate surface area is 115 Å². The molecule has 1 aromatic rings. The molecule has 0 bridgehead atoms. The number of thioether (sulfide) groups is 2. The third-order valence-corrected chi connectivity index (χ3v) is 4.36. The molecule has 0 saturated heterocycles. The van der Waals surface area contributed by atoms with Crippen LogP contribution in [-0.4, -0.2) is 35.3 Å². The molecule has 0 heterocycles. The Balaban J connectivity index is 3.18. The van der Waals surface area contributed by atoms with Crippen molar-refractivity contribution in [3.8, 4) is 0 Å². The first kappa shape index (κ1) is 15.2. The minimum absolute atomic E-state index is 0.0444. The van der Waals surface area contributed by atoms with Gasteiger partial charge in [-0.25, -0.2) is 0 Å². The summed E-state index contributed by atoms with van der Waals surface area (Å²) < 4.78 is 0. The summed E-state index contributed by atoms with van der Waals surface area (Å²) in [7, 11) is 0. The van der Waals surface area contributed by atoms with Crippen LogP contribution in [0.15, 0.2) is 28.0 Å². The Morgan fingerprint density at radius 1 is 1.39 bits per heavy atom. The topological polar surface area (TPSA) is 73.2 Å². The fourth-order valence-electron chi connectivity index (χ4n) is 1.43. The van der Waals surface area contributed by atoms with Gasteiger partial charge < -0.3 is 15.4 Å². The summed E-state index contributed by atoms with van der Waals surface area (Å²) in [6.07, 6.45) is 4.48. The third kappa shape index (κ3) is 2.95. The molecule has 4 nitrogen and oxygen atoms in total.